The molecule has 0 fully saturated rings. The Morgan fingerprint density at radius 1 is 0.395 bits per heavy atom. The second-order valence-corrected chi connectivity index (χ2v) is 7.29. The minimum absolute atomic E-state index is 0.121. The first kappa shape index (κ1) is 30.0. The molecular weight excluding hydrogens is 492 g/mol. The quantitative estimate of drug-likeness (QED) is 0.192. The van der Waals surface area contributed by atoms with Crippen LogP contribution in [0.25, 0.3) is 0 Å². The van der Waals surface area contributed by atoms with E-state index >= 15 is 0 Å². The van der Waals surface area contributed by atoms with Gasteiger partial charge < -0.3 is 28.4 Å². The number of unbranched alkanes of at least 4 members (excludes halogenated alkanes) is 1. The highest BCUT2D eigenvalue weighted by atomic mass is 16.5. The zero-order chi connectivity index (χ0) is 27.3. The standard InChI is InChI=1S/C26H36N6O6/c1-5-9-15-33-21-27-22(34-16-10-6-2)30-25(29-21)37-19-13-14-20-38-26-31-23(35-17-11-7-3)28-24(32-26)36-18-12-8-4/h5-12H,13-20H2,1-4H3/b9-5+,10-6+,11-7+,12-8+. The van der Waals surface area contributed by atoms with Crippen LogP contribution in [0.4, 0.5) is 0 Å². The van der Waals surface area contributed by atoms with Gasteiger partial charge in [0.15, 0.2) is 0 Å². The van der Waals surface area contributed by atoms with E-state index in [-0.39, 0.29) is 36.1 Å². The van der Waals surface area contributed by atoms with E-state index in [1.54, 1.807) is 0 Å². The molecule has 2 aromatic heterocycles. The summed E-state index contributed by atoms with van der Waals surface area (Å²) in [7, 11) is 0. The summed E-state index contributed by atoms with van der Waals surface area (Å²) in [5.74, 6) is 0. The Labute approximate surface area is 223 Å². The van der Waals surface area contributed by atoms with Gasteiger partial charge >= 0.3 is 36.1 Å². The van der Waals surface area contributed by atoms with Crippen molar-refractivity contribution in [2.75, 3.05) is 39.6 Å². The van der Waals surface area contributed by atoms with Gasteiger partial charge in [-0.05, 0) is 40.5 Å². The molecule has 12 heteroatoms. The van der Waals surface area contributed by atoms with Crippen molar-refractivity contribution >= 4 is 0 Å². The SMILES string of the molecule is C/C=C/COc1nc(OC/C=C/C)nc(OCCCCOc2nc(OC/C=C/C)nc(OC/C=C/C)n2)n1. The van der Waals surface area contributed by atoms with Crippen molar-refractivity contribution in [3.05, 3.63) is 48.6 Å². The maximum absolute atomic E-state index is 5.69. The molecule has 0 amide bonds. The Morgan fingerprint density at radius 2 is 0.632 bits per heavy atom. The van der Waals surface area contributed by atoms with E-state index in [2.05, 4.69) is 29.9 Å². The predicted octanol–water partition coefficient (Wildman–Crippen LogP) is 4.11. The molecule has 0 unspecified atom stereocenters. The number of ether oxygens (including phenoxy) is 6. The summed E-state index contributed by atoms with van der Waals surface area (Å²) in [6.45, 7) is 9.60. The molecule has 0 saturated heterocycles. The molecule has 0 N–H and O–H groups in total. The molecule has 0 spiro atoms. The van der Waals surface area contributed by atoms with E-state index in [1.165, 1.54) is 0 Å². The van der Waals surface area contributed by atoms with E-state index < -0.39 is 0 Å². The molecule has 38 heavy (non-hydrogen) atoms. The van der Waals surface area contributed by atoms with Crippen LogP contribution in [-0.4, -0.2) is 69.5 Å². The van der Waals surface area contributed by atoms with Crippen LogP contribution < -0.4 is 28.4 Å². The Balaban J connectivity index is 1.87. The first-order valence-corrected chi connectivity index (χ1v) is 12.4. The first-order chi connectivity index (χ1) is 18.7. The molecule has 0 aliphatic rings. The second-order valence-electron chi connectivity index (χ2n) is 7.29. The van der Waals surface area contributed by atoms with Gasteiger partial charge in [0.1, 0.15) is 26.4 Å². The molecule has 2 aromatic rings. The topological polar surface area (TPSA) is 133 Å². The third-order valence-electron chi connectivity index (χ3n) is 4.33. The molecule has 0 aliphatic heterocycles. The third-order valence-corrected chi connectivity index (χ3v) is 4.33. The zero-order valence-corrected chi connectivity index (χ0v) is 22.4. The average Bonchev–Trinajstić information content (AvgIpc) is 2.91. The van der Waals surface area contributed by atoms with E-state index in [0.717, 1.165) is 0 Å². The van der Waals surface area contributed by atoms with Gasteiger partial charge in [0.05, 0.1) is 13.2 Å². The molecule has 2 rings (SSSR count). The first-order valence-electron chi connectivity index (χ1n) is 12.4. The van der Waals surface area contributed by atoms with Gasteiger partial charge in [0.2, 0.25) is 0 Å². The molecule has 206 valence electrons. The molecule has 0 saturated carbocycles. The molecule has 0 atom stereocenters. The Kier molecular flexibility index (Phi) is 15.0. The summed E-state index contributed by atoms with van der Waals surface area (Å²) < 4.78 is 33.4. The van der Waals surface area contributed by atoms with Crippen LogP contribution in [0.3, 0.4) is 0 Å². The summed E-state index contributed by atoms with van der Waals surface area (Å²) in [5, 5.41) is 0. The van der Waals surface area contributed by atoms with Crippen molar-refractivity contribution in [2.45, 2.75) is 40.5 Å². The second kappa shape index (κ2) is 19.0. The van der Waals surface area contributed by atoms with Gasteiger partial charge in [-0.3, -0.25) is 0 Å². The van der Waals surface area contributed by atoms with Gasteiger partial charge in [-0.2, -0.15) is 0 Å². The van der Waals surface area contributed by atoms with Crippen molar-refractivity contribution < 1.29 is 28.4 Å². The highest BCUT2D eigenvalue weighted by Gasteiger charge is 2.11. The van der Waals surface area contributed by atoms with Gasteiger partial charge in [0.25, 0.3) is 0 Å². The lowest BCUT2D eigenvalue weighted by atomic mass is 10.3. The number of aromatic nitrogens is 6. The highest BCUT2D eigenvalue weighted by molar-refractivity contribution is 5.10. The van der Waals surface area contributed by atoms with Crippen LogP contribution in [-0.2, 0) is 0 Å². The summed E-state index contributed by atoms with van der Waals surface area (Å²) in [4.78, 5) is 25.0. The summed E-state index contributed by atoms with van der Waals surface area (Å²) in [6, 6.07) is 0.747. The van der Waals surface area contributed by atoms with Gasteiger partial charge in [-0.15, -0.1) is 29.9 Å². The number of nitrogens with zero attached hydrogens (tertiary/aromatic N) is 6. The summed E-state index contributed by atoms with van der Waals surface area (Å²) in [6.07, 6.45) is 16.2. The summed E-state index contributed by atoms with van der Waals surface area (Å²) >= 11 is 0. The molecule has 0 aromatic carbocycles. The number of hydrogen-bond acceptors (Lipinski definition) is 12. The maximum atomic E-state index is 5.69. The molecule has 0 aliphatic carbocycles. The van der Waals surface area contributed by atoms with Crippen LogP contribution in [0.15, 0.2) is 48.6 Å². The maximum Gasteiger partial charge on any atom is 0.326 e. The van der Waals surface area contributed by atoms with Gasteiger partial charge in [-0.1, -0.05) is 48.6 Å². The van der Waals surface area contributed by atoms with E-state index in [4.69, 9.17) is 28.4 Å². The molecule has 0 radical (unpaired) electrons. The Morgan fingerprint density at radius 3 is 0.868 bits per heavy atom. The fourth-order valence-corrected chi connectivity index (χ4v) is 2.43. The predicted molar refractivity (Wildman–Crippen MR) is 141 cm³/mol. The van der Waals surface area contributed by atoms with Crippen LogP contribution in [0.2, 0.25) is 0 Å². The van der Waals surface area contributed by atoms with E-state index in [1.807, 2.05) is 76.3 Å². The average molecular weight is 529 g/mol. The van der Waals surface area contributed by atoms with E-state index in [0.29, 0.717) is 52.5 Å². The van der Waals surface area contributed by atoms with Crippen molar-refractivity contribution in [3.8, 4) is 36.1 Å². The smallest absolute Gasteiger partial charge is 0.326 e. The lowest BCUT2D eigenvalue weighted by Crippen LogP contribution is -2.10. The van der Waals surface area contributed by atoms with Crippen molar-refractivity contribution in [3.63, 3.8) is 0 Å². The van der Waals surface area contributed by atoms with Crippen LogP contribution >= 0.6 is 0 Å². The van der Waals surface area contributed by atoms with Crippen molar-refractivity contribution in [1.82, 2.24) is 29.9 Å². The van der Waals surface area contributed by atoms with Gasteiger partial charge in [0, 0.05) is 0 Å². The fraction of sp³-hybridized carbons (Fsp3) is 0.462. The molecule has 0 bridgehead atoms. The minimum Gasteiger partial charge on any atom is -0.463 e. The molecule has 2 heterocycles. The lowest BCUT2D eigenvalue weighted by Gasteiger charge is -2.10. The summed E-state index contributed by atoms with van der Waals surface area (Å²) in [5.41, 5.74) is 0. The number of allylic oxidation sites excluding steroid dienone is 4. The number of hydrogen-bond donors (Lipinski definition) is 0. The van der Waals surface area contributed by atoms with Crippen LogP contribution in [0.1, 0.15) is 40.5 Å². The monoisotopic (exact) mass is 528 g/mol. The molecule has 12 nitrogen and oxygen atoms in total. The zero-order valence-electron chi connectivity index (χ0n) is 22.4. The van der Waals surface area contributed by atoms with Gasteiger partial charge in [-0.25, -0.2) is 0 Å². The highest BCUT2D eigenvalue weighted by Crippen LogP contribution is 2.17. The fourth-order valence-electron chi connectivity index (χ4n) is 2.43. The van der Waals surface area contributed by atoms with Crippen molar-refractivity contribution in [2.24, 2.45) is 0 Å². The Bertz CT molecular complexity index is 909. The van der Waals surface area contributed by atoms with Crippen molar-refractivity contribution in [1.29, 1.82) is 0 Å². The third kappa shape index (κ3) is 12.7. The largest absolute Gasteiger partial charge is 0.463 e. The van der Waals surface area contributed by atoms with Crippen LogP contribution in [0.5, 0.6) is 36.1 Å². The van der Waals surface area contributed by atoms with Crippen LogP contribution in [0, 0.1) is 0 Å². The van der Waals surface area contributed by atoms with E-state index in [9.17, 15) is 0 Å². The number of rotatable bonds is 19. The minimum atomic E-state index is 0.121. The Hall–Kier alpha value is -4.22. The lowest BCUT2D eigenvalue weighted by molar-refractivity contribution is 0.225. The molecular formula is C26H36N6O6. The normalized spacial score (nSPS) is 11.6.